The standard InChI is InChI=1S/C12H19N3O2S/c1-15(18(16,17)14-12-6-7-12)9-11-5-3-2-4-10(11)8-13/h2-5,12,14H,6-9,13H2,1H3. The Morgan fingerprint density at radius 2 is 1.94 bits per heavy atom. The van der Waals surface area contributed by atoms with Crippen molar-refractivity contribution in [2.24, 2.45) is 5.73 Å². The number of hydrogen-bond acceptors (Lipinski definition) is 3. The number of nitrogens with one attached hydrogen (secondary N) is 1. The molecule has 0 spiro atoms. The van der Waals surface area contributed by atoms with Gasteiger partial charge in [0.05, 0.1) is 0 Å². The summed E-state index contributed by atoms with van der Waals surface area (Å²) in [5.41, 5.74) is 7.57. The average molecular weight is 269 g/mol. The number of rotatable bonds is 6. The van der Waals surface area contributed by atoms with Crippen molar-refractivity contribution in [3.63, 3.8) is 0 Å². The fraction of sp³-hybridized carbons (Fsp3) is 0.500. The van der Waals surface area contributed by atoms with E-state index in [0.717, 1.165) is 24.0 Å². The summed E-state index contributed by atoms with van der Waals surface area (Å²) in [5.74, 6) is 0. The largest absolute Gasteiger partial charge is 0.326 e. The Bertz CT molecular complexity index is 512. The molecule has 0 aromatic heterocycles. The lowest BCUT2D eigenvalue weighted by Gasteiger charge is -2.19. The molecule has 3 N–H and O–H groups in total. The van der Waals surface area contributed by atoms with E-state index in [9.17, 15) is 8.42 Å². The first-order chi connectivity index (χ1) is 8.53. The molecule has 0 unspecified atom stereocenters. The van der Waals surface area contributed by atoms with Gasteiger partial charge in [-0.1, -0.05) is 24.3 Å². The third-order valence-electron chi connectivity index (χ3n) is 3.03. The van der Waals surface area contributed by atoms with Gasteiger partial charge in [-0.05, 0) is 24.0 Å². The highest BCUT2D eigenvalue weighted by atomic mass is 32.2. The van der Waals surface area contributed by atoms with Crippen molar-refractivity contribution >= 4 is 10.2 Å². The van der Waals surface area contributed by atoms with Crippen molar-refractivity contribution in [1.29, 1.82) is 0 Å². The first kappa shape index (κ1) is 13.5. The zero-order chi connectivity index (χ0) is 13.2. The second-order valence-electron chi connectivity index (χ2n) is 4.63. The molecule has 2 rings (SSSR count). The molecule has 1 aromatic rings. The van der Waals surface area contributed by atoms with Crippen LogP contribution < -0.4 is 10.5 Å². The molecule has 0 heterocycles. The Labute approximate surface area is 108 Å². The van der Waals surface area contributed by atoms with Gasteiger partial charge in [-0.2, -0.15) is 17.4 Å². The minimum Gasteiger partial charge on any atom is -0.326 e. The lowest BCUT2D eigenvalue weighted by Crippen LogP contribution is -2.39. The molecule has 1 aliphatic rings. The minimum absolute atomic E-state index is 0.127. The van der Waals surface area contributed by atoms with Crippen LogP contribution in [0.2, 0.25) is 0 Å². The fourth-order valence-corrected chi connectivity index (χ4v) is 2.88. The number of nitrogens with two attached hydrogens (primary N) is 1. The van der Waals surface area contributed by atoms with E-state index in [1.165, 1.54) is 4.31 Å². The summed E-state index contributed by atoms with van der Waals surface area (Å²) in [6, 6.07) is 7.75. The molecule has 18 heavy (non-hydrogen) atoms. The molecule has 1 saturated carbocycles. The Kier molecular flexibility index (Phi) is 4.01. The molecule has 1 aliphatic carbocycles. The third kappa shape index (κ3) is 3.29. The van der Waals surface area contributed by atoms with Gasteiger partial charge in [0.25, 0.3) is 10.2 Å². The second kappa shape index (κ2) is 5.36. The van der Waals surface area contributed by atoms with E-state index in [1.54, 1.807) is 7.05 Å². The summed E-state index contributed by atoms with van der Waals surface area (Å²) in [4.78, 5) is 0. The Morgan fingerprint density at radius 3 is 2.50 bits per heavy atom. The van der Waals surface area contributed by atoms with Gasteiger partial charge in [0, 0.05) is 26.2 Å². The highest BCUT2D eigenvalue weighted by molar-refractivity contribution is 7.87. The van der Waals surface area contributed by atoms with Crippen molar-refractivity contribution in [3.8, 4) is 0 Å². The lowest BCUT2D eigenvalue weighted by atomic mass is 10.1. The highest BCUT2D eigenvalue weighted by Crippen LogP contribution is 2.21. The maximum Gasteiger partial charge on any atom is 0.279 e. The van der Waals surface area contributed by atoms with Crippen LogP contribution in [0.5, 0.6) is 0 Å². The van der Waals surface area contributed by atoms with Crippen molar-refractivity contribution in [2.45, 2.75) is 32.0 Å². The normalized spacial score (nSPS) is 16.2. The molecule has 0 aliphatic heterocycles. The van der Waals surface area contributed by atoms with Gasteiger partial charge in [-0.15, -0.1) is 0 Å². The zero-order valence-corrected chi connectivity index (χ0v) is 11.3. The first-order valence-corrected chi connectivity index (χ1v) is 7.47. The summed E-state index contributed by atoms with van der Waals surface area (Å²) in [5, 5.41) is 0. The topological polar surface area (TPSA) is 75.4 Å². The van der Waals surface area contributed by atoms with Crippen molar-refractivity contribution in [2.75, 3.05) is 7.05 Å². The number of nitrogens with zero attached hydrogens (tertiary/aromatic N) is 1. The van der Waals surface area contributed by atoms with Gasteiger partial charge in [-0.25, -0.2) is 0 Å². The summed E-state index contributed by atoms with van der Waals surface area (Å²) >= 11 is 0. The third-order valence-corrected chi connectivity index (χ3v) is 4.62. The SMILES string of the molecule is CN(Cc1ccccc1CN)S(=O)(=O)NC1CC1. The molecular weight excluding hydrogens is 250 g/mol. The predicted molar refractivity (Wildman–Crippen MR) is 70.9 cm³/mol. The summed E-state index contributed by atoms with van der Waals surface area (Å²) in [6.07, 6.45) is 1.87. The number of hydrogen-bond donors (Lipinski definition) is 2. The van der Waals surface area contributed by atoms with E-state index in [-0.39, 0.29) is 6.04 Å². The van der Waals surface area contributed by atoms with Crippen LogP contribution in [-0.4, -0.2) is 25.8 Å². The number of benzene rings is 1. The van der Waals surface area contributed by atoms with Gasteiger partial charge >= 0.3 is 0 Å². The molecule has 1 fully saturated rings. The van der Waals surface area contributed by atoms with Gasteiger partial charge in [0.1, 0.15) is 0 Å². The molecule has 0 bridgehead atoms. The maximum atomic E-state index is 12.0. The van der Waals surface area contributed by atoms with Gasteiger partial charge < -0.3 is 5.73 Å². The van der Waals surface area contributed by atoms with Crippen LogP contribution in [-0.2, 0) is 23.3 Å². The Balaban J connectivity index is 2.07. The molecule has 1 aromatic carbocycles. The Morgan fingerprint density at radius 1 is 1.33 bits per heavy atom. The van der Waals surface area contributed by atoms with Crippen LogP contribution in [0.1, 0.15) is 24.0 Å². The van der Waals surface area contributed by atoms with E-state index >= 15 is 0 Å². The van der Waals surface area contributed by atoms with E-state index in [2.05, 4.69) is 4.72 Å². The van der Waals surface area contributed by atoms with Crippen LogP contribution in [0.15, 0.2) is 24.3 Å². The van der Waals surface area contributed by atoms with Crippen LogP contribution in [0.4, 0.5) is 0 Å². The summed E-state index contributed by atoms with van der Waals surface area (Å²) < 4.78 is 27.9. The molecule has 0 radical (unpaired) electrons. The highest BCUT2D eigenvalue weighted by Gasteiger charge is 2.29. The van der Waals surface area contributed by atoms with Crippen molar-refractivity contribution in [1.82, 2.24) is 9.03 Å². The fourth-order valence-electron chi connectivity index (χ4n) is 1.74. The van der Waals surface area contributed by atoms with E-state index in [1.807, 2.05) is 24.3 Å². The molecular formula is C12H19N3O2S. The first-order valence-electron chi connectivity index (χ1n) is 6.03. The zero-order valence-electron chi connectivity index (χ0n) is 10.5. The van der Waals surface area contributed by atoms with Crippen molar-refractivity contribution in [3.05, 3.63) is 35.4 Å². The average Bonchev–Trinajstić information content (AvgIpc) is 3.13. The van der Waals surface area contributed by atoms with Gasteiger partial charge in [0.2, 0.25) is 0 Å². The monoisotopic (exact) mass is 269 g/mol. The summed E-state index contributed by atoms with van der Waals surface area (Å²) in [7, 11) is -1.80. The predicted octanol–water partition coefficient (Wildman–Crippen LogP) is 0.574. The van der Waals surface area contributed by atoms with Gasteiger partial charge in [-0.3, -0.25) is 0 Å². The van der Waals surface area contributed by atoms with E-state index in [4.69, 9.17) is 5.73 Å². The molecule has 0 saturated heterocycles. The Hall–Kier alpha value is -0.950. The minimum atomic E-state index is -3.38. The lowest BCUT2D eigenvalue weighted by molar-refractivity contribution is 0.453. The molecule has 100 valence electrons. The van der Waals surface area contributed by atoms with E-state index < -0.39 is 10.2 Å². The van der Waals surface area contributed by atoms with Crippen molar-refractivity contribution < 1.29 is 8.42 Å². The summed E-state index contributed by atoms with van der Waals surface area (Å²) in [6.45, 7) is 0.759. The maximum absolute atomic E-state index is 12.0. The quantitative estimate of drug-likeness (QED) is 0.793. The smallest absolute Gasteiger partial charge is 0.279 e. The molecule has 0 amide bonds. The van der Waals surface area contributed by atoms with Crippen LogP contribution >= 0.6 is 0 Å². The van der Waals surface area contributed by atoms with E-state index in [0.29, 0.717) is 13.1 Å². The molecule has 5 nitrogen and oxygen atoms in total. The van der Waals surface area contributed by atoms with Gasteiger partial charge in [0.15, 0.2) is 0 Å². The molecule has 0 atom stereocenters. The van der Waals surface area contributed by atoms with Crippen LogP contribution in [0.3, 0.4) is 0 Å². The van der Waals surface area contributed by atoms with Crippen LogP contribution in [0.25, 0.3) is 0 Å². The second-order valence-corrected chi connectivity index (χ2v) is 6.44. The van der Waals surface area contributed by atoms with Crippen LogP contribution in [0, 0.1) is 0 Å². The molecule has 6 heteroatoms.